The van der Waals surface area contributed by atoms with Gasteiger partial charge in [-0.3, -0.25) is 14.4 Å². The van der Waals surface area contributed by atoms with Crippen LogP contribution in [-0.2, 0) is 9.59 Å². The van der Waals surface area contributed by atoms with Gasteiger partial charge in [-0.1, -0.05) is 66.2 Å². The molecule has 0 bridgehead atoms. The van der Waals surface area contributed by atoms with Gasteiger partial charge in [0, 0.05) is 27.4 Å². The first-order valence-corrected chi connectivity index (χ1v) is 15.8. The number of anilines is 2. The molecule has 232 valence electrons. The van der Waals surface area contributed by atoms with Gasteiger partial charge in [-0.15, -0.1) is 11.8 Å². The summed E-state index contributed by atoms with van der Waals surface area (Å²) in [5, 5.41) is 8.55. The minimum Gasteiger partial charge on any atom is -0.436 e. The van der Waals surface area contributed by atoms with Crippen LogP contribution in [0.1, 0.15) is 21.5 Å². The number of hydrogen-bond acceptors (Lipinski definition) is 6. The van der Waals surface area contributed by atoms with Crippen LogP contribution in [0.3, 0.4) is 0 Å². The predicted molar refractivity (Wildman–Crippen MR) is 187 cm³/mol. The number of carbonyl (C=O) groups is 3. The number of amides is 3. The molecule has 6 aromatic rings. The van der Waals surface area contributed by atoms with Crippen LogP contribution in [0.5, 0.6) is 0 Å². The average molecular weight is 639 g/mol. The molecule has 3 amide bonds. The highest BCUT2D eigenvalue weighted by molar-refractivity contribution is 8.00. The first-order chi connectivity index (χ1) is 22.9. The van der Waals surface area contributed by atoms with Crippen LogP contribution >= 0.6 is 11.8 Å². The molecule has 1 heterocycles. The molecule has 0 saturated carbocycles. The lowest BCUT2D eigenvalue weighted by atomic mass is 10.1. The fourth-order valence-electron chi connectivity index (χ4n) is 4.77. The summed E-state index contributed by atoms with van der Waals surface area (Å²) in [7, 11) is 0. The largest absolute Gasteiger partial charge is 0.436 e. The summed E-state index contributed by atoms with van der Waals surface area (Å²) in [6.45, 7) is 1.96. The fourth-order valence-corrected chi connectivity index (χ4v) is 5.52. The third-order valence-corrected chi connectivity index (χ3v) is 8.05. The summed E-state index contributed by atoms with van der Waals surface area (Å²) >= 11 is 1.34. The van der Waals surface area contributed by atoms with Crippen molar-refractivity contribution in [3.8, 4) is 11.5 Å². The summed E-state index contributed by atoms with van der Waals surface area (Å²) in [5.74, 6) is -0.364. The van der Waals surface area contributed by atoms with Crippen molar-refractivity contribution in [3.05, 3.63) is 150 Å². The number of hydrogen-bond donors (Lipinski definition) is 3. The second-order valence-electron chi connectivity index (χ2n) is 10.7. The van der Waals surface area contributed by atoms with E-state index < -0.39 is 11.8 Å². The van der Waals surface area contributed by atoms with Gasteiger partial charge < -0.3 is 20.4 Å². The Bertz CT molecular complexity index is 2060. The highest BCUT2D eigenvalue weighted by atomic mass is 32.2. The molecule has 0 fully saturated rings. The third kappa shape index (κ3) is 8.22. The Kier molecular flexibility index (Phi) is 9.55. The van der Waals surface area contributed by atoms with Gasteiger partial charge in [-0.05, 0) is 85.3 Å². The van der Waals surface area contributed by atoms with Crippen molar-refractivity contribution in [3.63, 3.8) is 0 Å². The lowest BCUT2D eigenvalue weighted by molar-refractivity contribution is -0.114. The first-order valence-electron chi connectivity index (χ1n) is 14.8. The third-order valence-electron chi connectivity index (χ3n) is 7.05. The molecule has 0 spiro atoms. The molecule has 1 aromatic heterocycles. The van der Waals surface area contributed by atoms with E-state index in [-0.39, 0.29) is 17.4 Å². The molecule has 0 unspecified atom stereocenters. The summed E-state index contributed by atoms with van der Waals surface area (Å²) in [6, 6.07) is 38.4. The summed E-state index contributed by atoms with van der Waals surface area (Å²) in [6.07, 6.45) is 1.64. The quantitative estimate of drug-likeness (QED) is 0.104. The molecule has 3 N–H and O–H groups in total. The molecule has 6 rings (SSSR count). The Labute approximate surface area is 275 Å². The molecule has 0 saturated heterocycles. The van der Waals surface area contributed by atoms with E-state index in [9.17, 15) is 14.4 Å². The van der Waals surface area contributed by atoms with Gasteiger partial charge in [0.05, 0.1) is 5.75 Å². The summed E-state index contributed by atoms with van der Waals surface area (Å²) < 4.78 is 5.83. The highest BCUT2D eigenvalue weighted by Gasteiger charge is 2.16. The number of thioether (sulfide) groups is 1. The van der Waals surface area contributed by atoms with Gasteiger partial charge in [0.1, 0.15) is 11.2 Å². The van der Waals surface area contributed by atoms with Crippen molar-refractivity contribution >= 4 is 58.0 Å². The Balaban J connectivity index is 1.08. The number of aryl methyl sites for hydroxylation is 1. The SMILES string of the molecule is Cc1cccc(/C=C(/NC(=O)c2ccccc2)C(=O)Nc2cccc(SCC(=O)Nc3ccc(-c4nc5ccccc5o4)cc3)c2)c1. The van der Waals surface area contributed by atoms with Crippen LogP contribution in [0.2, 0.25) is 0 Å². The maximum atomic E-state index is 13.4. The molecule has 0 atom stereocenters. The Morgan fingerprint density at radius 2 is 1.53 bits per heavy atom. The van der Waals surface area contributed by atoms with Gasteiger partial charge in [0.25, 0.3) is 11.8 Å². The van der Waals surface area contributed by atoms with Crippen molar-refractivity contribution in [1.29, 1.82) is 0 Å². The number of carbonyl (C=O) groups excluding carboxylic acids is 3. The Morgan fingerprint density at radius 1 is 0.766 bits per heavy atom. The number of fused-ring (bicyclic) bond motifs is 1. The van der Waals surface area contributed by atoms with Crippen molar-refractivity contribution in [2.24, 2.45) is 0 Å². The number of nitrogens with one attached hydrogen (secondary N) is 3. The van der Waals surface area contributed by atoms with Crippen molar-refractivity contribution in [2.75, 3.05) is 16.4 Å². The van der Waals surface area contributed by atoms with E-state index in [0.29, 0.717) is 22.8 Å². The van der Waals surface area contributed by atoms with E-state index in [1.165, 1.54) is 11.8 Å². The van der Waals surface area contributed by atoms with E-state index in [2.05, 4.69) is 20.9 Å². The minimum atomic E-state index is -0.475. The standard InChI is InChI=1S/C38H30N4O4S/c1-25-9-7-10-26(21-25)22-33(41-36(44)27-11-3-2-4-12-27)37(45)40-30-13-8-14-31(23-30)47-24-35(43)39-29-19-17-28(18-20-29)38-42-32-15-5-6-16-34(32)46-38/h2-23H,24H2,1H3,(H,39,43)(H,40,45)(H,41,44)/b33-22+. The van der Waals surface area contributed by atoms with Crippen molar-refractivity contribution in [2.45, 2.75) is 11.8 Å². The molecular formula is C38H30N4O4S. The zero-order chi connectivity index (χ0) is 32.6. The average Bonchev–Trinajstić information content (AvgIpc) is 3.52. The first kappa shape index (κ1) is 31.1. The smallest absolute Gasteiger partial charge is 0.272 e. The van der Waals surface area contributed by atoms with Gasteiger partial charge in [0.2, 0.25) is 11.8 Å². The van der Waals surface area contributed by atoms with Gasteiger partial charge in [-0.25, -0.2) is 4.98 Å². The number of aromatic nitrogens is 1. The van der Waals surface area contributed by atoms with Gasteiger partial charge in [-0.2, -0.15) is 0 Å². The summed E-state index contributed by atoms with van der Waals surface area (Å²) in [5.41, 5.74) is 5.84. The topological polar surface area (TPSA) is 113 Å². The molecule has 8 nitrogen and oxygen atoms in total. The van der Waals surface area contributed by atoms with Gasteiger partial charge >= 0.3 is 0 Å². The molecule has 0 aliphatic heterocycles. The number of nitrogens with zero attached hydrogens (tertiary/aromatic N) is 1. The second-order valence-corrected chi connectivity index (χ2v) is 11.7. The molecule has 0 aliphatic rings. The summed E-state index contributed by atoms with van der Waals surface area (Å²) in [4.78, 5) is 44.4. The lowest BCUT2D eigenvalue weighted by Crippen LogP contribution is -2.30. The molecular weight excluding hydrogens is 609 g/mol. The number of benzene rings is 5. The molecule has 47 heavy (non-hydrogen) atoms. The monoisotopic (exact) mass is 638 g/mol. The molecule has 5 aromatic carbocycles. The second kappa shape index (κ2) is 14.4. The van der Waals surface area contributed by atoms with E-state index >= 15 is 0 Å². The zero-order valence-electron chi connectivity index (χ0n) is 25.4. The number of oxazole rings is 1. The van der Waals surface area contributed by atoms with E-state index in [1.807, 2.05) is 79.7 Å². The molecule has 0 aliphatic carbocycles. The van der Waals surface area contributed by atoms with Crippen LogP contribution in [-0.4, -0.2) is 28.5 Å². The maximum absolute atomic E-state index is 13.4. The zero-order valence-corrected chi connectivity index (χ0v) is 26.2. The predicted octanol–water partition coefficient (Wildman–Crippen LogP) is 7.94. The fraction of sp³-hybridized carbons (Fsp3) is 0.0526. The van der Waals surface area contributed by atoms with Crippen LogP contribution in [0.15, 0.2) is 142 Å². The van der Waals surface area contributed by atoms with Gasteiger partial charge in [0.15, 0.2) is 5.58 Å². The van der Waals surface area contributed by atoms with E-state index in [0.717, 1.165) is 32.7 Å². The van der Waals surface area contributed by atoms with Crippen LogP contribution in [0, 0.1) is 6.92 Å². The van der Waals surface area contributed by atoms with Crippen molar-refractivity contribution < 1.29 is 18.8 Å². The lowest BCUT2D eigenvalue weighted by Gasteiger charge is -2.12. The Hall–Kier alpha value is -5.93. The number of para-hydroxylation sites is 2. The highest BCUT2D eigenvalue weighted by Crippen LogP contribution is 2.26. The molecule has 9 heteroatoms. The van der Waals surface area contributed by atoms with Crippen LogP contribution in [0.25, 0.3) is 28.6 Å². The maximum Gasteiger partial charge on any atom is 0.272 e. The van der Waals surface area contributed by atoms with Crippen molar-refractivity contribution in [1.82, 2.24) is 10.3 Å². The number of rotatable bonds is 10. The van der Waals surface area contributed by atoms with E-state index in [4.69, 9.17) is 4.42 Å². The normalized spacial score (nSPS) is 11.2. The van der Waals surface area contributed by atoms with E-state index in [1.54, 1.807) is 60.7 Å². The van der Waals surface area contributed by atoms with Crippen LogP contribution in [0.4, 0.5) is 11.4 Å². The van der Waals surface area contributed by atoms with Crippen LogP contribution < -0.4 is 16.0 Å². The molecule has 0 radical (unpaired) electrons. The minimum absolute atomic E-state index is 0.101. The Morgan fingerprint density at radius 3 is 2.32 bits per heavy atom.